The molecular formula is C19H16ClF3N2O4S. The number of nitrogens with one attached hydrogen (secondary N) is 1. The lowest BCUT2D eigenvalue weighted by atomic mass is 10.1. The SMILES string of the molecule is Cc1ccc(S(=O)(=O)N2C(=O)CC[C@H]2C(=O)Nc2ccc(Cl)c(C(F)(F)F)c2)cc1. The van der Waals surface area contributed by atoms with Crippen LogP contribution in [0.4, 0.5) is 18.9 Å². The van der Waals surface area contributed by atoms with E-state index in [-0.39, 0.29) is 23.4 Å². The van der Waals surface area contributed by atoms with Crippen molar-refractivity contribution in [2.24, 2.45) is 0 Å². The van der Waals surface area contributed by atoms with Gasteiger partial charge in [0.15, 0.2) is 0 Å². The van der Waals surface area contributed by atoms with E-state index in [1.165, 1.54) is 12.1 Å². The van der Waals surface area contributed by atoms with Crippen molar-refractivity contribution in [3.63, 3.8) is 0 Å². The quantitative estimate of drug-likeness (QED) is 0.748. The number of carbonyl (C=O) groups is 2. The molecule has 11 heteroatoms. The Hall–Kier alpha value is -2.59. The number of benzene rings is 2. The van der Waals surface area contributed by atoms with Crippen LogP contribution in [0.5, 0.6) is 0 Å². The average molecular weight is 461 g/mol. The van der Waals surface area contributed by atoms with Crippen molar-refractivity contribution in [2.75, 3.05) is 5.32 Å². The van der Waals surface area contributed by atoms with Crippen molar-refractivity contribution in [3.8, 4) is 0 Å². The summed E-state index contributed by atoms with van der Waals surface area (Å²) in [5, 5.41) is 1.71. The van der Waals surface area contributed by atoms with E-state index in [1.54, 1.807) is 19.1 Å². The molecule has 0 aromatic heterocycles. The number of anilines is 1. The zero-order valence-electron chi connectivity index (χ0n) is 15.5. The molecule has 6 nitrogen and oxygen atoms in total. The van der Waals surface area contributed by atoms with Crippen LogP contribution in [0, 0.1) is 6.92 Å². The number of hydrogen-bond acceptors (Lipinski definition) is 4. The van der Waals surface area contributed by atoms with E-state index in [0.717, 1.165) is 17.7 Å². The first kappa shape index (κ1) is 22.1. The minimum absolute atomic E-state index is 0.0878. The number of amides is 2. The number of nitrogens with zero attached hydrogens (tertiary/aromatic N) is 1. The molecule has 3 rings (SSSR count). The first-order chi connectivity index (χ1) is 13.9. The summed E-state index contributed by atoms with van der Waals surface area (Å²) in [5.41, 5.74) is -0.559. The highest BCUT2D eigenvalue weighted by molar-refractivity contribution is 7.89. The summed E-state index contributed by atoms with van der Waals surface area (Å²) < 4.78 is 65.4. The lowest BCUT2D eigenvalue weighted by Crippen LogP contribution is -2.45. The molecule has 0 bridgehead atoms. The Balaban J connectivity index is 1.89. The van der Waals surface area contributed by atoms with Crippen molar-refractivity contribution in [1.29, 1.82) is 0 Å². The van der Waals surface area contributed by atoms with Gasteiger partial charge < -0.3 is 5.32 Å². The van der Waals surface area contributed by atoms with Crippen LogP contribution in [0.3, 0.4) is 0 Å². The van der Waals surface area contributed by atoms with E-state index < -0.39 is 44.6 Å². The van der Waals surface area contributed by atoms with Crippen LogP contribution in [0.15, 0.2) is 47.4 Å². The van der Waals surface area contributed by atoms with Gasteiger partial charge in [0.25, 0.3) is 10.0 Å². The highest BCUT2D eigenvalue weighted by Crippen LogP contribution is 2.36. The number of aryl methyl sites for hydroxylation is 1. The van der Waals surface area contributed by atoms with Gasteiger partial charge >= 0.3 is 6.18 Å². The van der Waals surface area contributed by atoms with Gasteiger partial charge in [-0.3, -0.25) is 9.59 Å². The van der Waals surface area contributed by atoms with Crippen LogP contribution >= 0.6 is 11.6 Å². The van der Waals surface area contributed by atoms with Gasteiger partial charge in [0.1, 0.15) is 6.04 Å². The Kier molecular flexibility index (Phi) is 5.83. The zero-order valence-corrected chi connectivity index (χ0v) is 17.1. The Morgan fingerprint density at radius 1 is 1.17 bits per heavy atom. The molecular weight excluding hydrogens is 445 g/mol. The second-order valence-corrected chi connectivity index (χ2v) is 8.97. The standard InChI is InChI=1S/C19H16ClF3N2O4S/c1-11-2-5-13(6-3-11)30(28,29)25-16(8-9-17(25)26)18(27)24-12-4-7-15(20)14(10-12)19(21,22)23/h2-7,10,16H,8-9H2,1H3,(H,24,27)/t16-/m0/s1. The van der Waals surface area contributed by atoms with Crippen LogP contribution in [-0.2, 0) is 25.8 Å². The summed E-state index contributed by atoms with van der Waals surface area (Å²) in [5.74, 6) is -1.67. The first-order valence-corrected chi connectivity index (χ1v) is 10.5. The molecule has 1 saturated heterocycles. The Labute approximate surface area is 175 Å². The van der Waals surface area contributed by atoms with Gasteiger partial charge in [-0.2, -0.15) is 13.2 Å². The smallest absolute Gasteiger partial charge is 0.324 e. The van der Waals surface area contributed by atoms with Gasteiger partial charge in [-0.15, -0.1) is 0 Å². The third kappa shape index (κ3) is 4.29. The zero-order chi connectivity index (χ0) is 22.3. The van der Waals surface area contributed by atoms with Gasteiger partial charge in [-0.25, -0.2) is 12.7 Å². The summed E-state index contributed by atoms with van der Waals surface area (Å²) in [6, 6.07) is 7.14. The highest BCUT2D eigenvalue weighted by atomic mass is 35.5. The largest absolute Gasteiger partial charge is 0.417 e. The molecule has 0 saturated carbocycles. The third-order valence-electron chi connectivity index (χ3n) is 4.58. The van der Waals surface area contributed by atoms with Gasteiger partial charge in [0.2, 0.25) is 11.8 Å². The Bertz CT molecular complexity index is 1100. The van der Waals surface area contributed by atoms with Crippen LogP contribution in [-0.4, -0.2) is 30.6 Å². The molecule has 1 heterocycles. The van der Waals surface area contributed by atoms with Crippen molar-refractivity contribution < 1.29 is 31.2 Å². The van der Waals surface area contributed by atoms with Gasteiger partial charge in [0, 0.05) is 12.1 Å². The number of hydrogen-bond donors (Lipinski definition) is 1. The third-order valence-corrected chi connectivity index (χ3v) is 6.75. The van der Waals surface area contributed by atoms with Gasteiger partial charge in [0.05, 0.1) is 15.5 Å². The van der Waals surface area contributed by atoms with Gasteiger partial charge in [-0.05, 0) is 43.7 Å². The summed E-state index contributed by atoms with van der Waals surface area (Å²) in [7, 11) is -4.31. The number of carbonyl (C=O) groups excluding carboxylic acids is 2. The molecule has 1 aliphatic rings. The van der Waals surface area contributed by atoms with E-state index in [9.17, 15) is 31.2 Å². The molecule has 30 heavy (non-hydrogen) atoms. The first-order valence-electron chi connectivity index (χ1n) is 8.73. The summed E-state index contributed by atoms with van der Waals surface area (Å²) in [6.45, 7) is 1.76. The van der Waals surface area contributed by atoms with Crippen LogP contribution in [0.2, 0.25) is 5.02 Å². The molecule has 160 valence electrons. The number of alkyl halides is 3. The van der Waals surface area contributed by atoms with Gasteiger partial charge in [-0.1, -0.05) is 29.3 Å². The maximum atomic E-state index is 13.0. The predicted octanol–water partition coefficient (Wildman–Crippen LogP) is 3.99. The number of halogens is 4. The van der Waals surface area contributed by atoms with Crippen molar-refractivity contribution in [3.05, 3.63) is 58.6 Å². The van der Waals surface area contributed by atoms with Crippen molar-refractivity contribution in [2.45, 2.75) is 36.9 Å². The van der Waals surface area contributed by atoms with Crippen LogP contribution < -0.4 is 5.32 Å². The van der Waals surface area contributed by atoms with E-state index in [2.05, 4.69) is 5.32 Å². The predicted molar refractivity (Wildman–Crippen MR) is 103 cm³/mol. The molecule has 2 amide bonds. The molecule has 2 aromatic rings. The lowest BCUT2D eigenvalue weighted by molar-refractivity contribution is -0.137. The maximum absolute atomic E-state index is 13.0. The average Bonchev–Trinajstić information content (AvgIpc) is 3.05. The van der Waals surface area contributed by atoms with Crippen molar-refractivity contribution >= 4 is 39.1 Å². The molecule has 0 aliphatic carbocycles. The molecule has 0 unspecified atom stereocenters. The van der Waals surface area contributed by atoms with E-state index in [1.807, 2.05) is 0 Å². The monoisotopic (exact) mass is 460 g/mol. The molecule has 2 aromatic carbocycles. The fourth-order valence-corrected chi connectivity index (χ4v) is 4.90. The molecule has 1 atom stereocenters. The van der Waals surface area contributed by atoms with Crippen LogP contribution in [0.1, 0.15) is 24.0 Å². The van der Waals surface area contributed by atoms with Crippen LogP contribution in [0.25, 0.3) is 0 Å². The summed E-state index contributed by atoms with van der Waals surface area (Å²) in [4.78, 5) is 24.8. The van der Waals surface area contributed by atoms with E-state index in [4.69, 9.17) is 11.6 Å². The molecule has 1 N–H and O–H groups in total. The number of sulfonamides is 1. The van der Waals surface area contributed by atoms with Crippen molar-refractivity contribution in [1.82, 2.24) is 4.31 Å². The minimum Gasteiger partial charge on any atom is -0.324 e. The summed E-state index contributed by atoms with van der Waals surface area (Å²) in [6.07, 6.45) is -5.00. The molecule has 1 fully saturated rings. The fraction of sp³-hybridized carbons (Fsp3) is 0.263. The molecule has 0 spiro atoms. The second-order valence-electron chi connectivity index (χ2n) is 6.74. The van der Waals surface area contributed by atoms with E-state index in [0.29, 0.717) is 10.4 Å². The molecule has 1 aliphatic heterocycles. The maximum Gasteiger partial charge on any atom is 0.417 e. The second kappa shape index (κ2) is 7.92. The lowest BCUT2D eigenvalue weighted by Gasteiger charge is -2.24. The Morgan fingerprint density at radius 2 is 1.80 bits per heavy atom. The fourth-order valence-electron chi connectivity index (χ4n) is 3.07. The highest BCUT2D eigenvalue weighted by Gasteiger charge is 2.44. The summed E-state index contributed by atoms with van der Waals surface area (Å²) >= 11 is 5.56. The topological polar surface area (TPSA) is 83.6 Å². The molecule has 0 radical (unpaired) electrons. The minimum atomic E-state index is -4.73. The Morgan fingerprint density at radius 3 is 2.40 bits per heavy atom. The van der Waals surface area contributed by atoms with E-state index >= 15 is 0 Å². The normalized spacial score (nSPS) is 17.3. The number of rotatable bonds is 4.